The Hall–Kier alpha value is -1.69. The Kier molecular flexibility index (Phi) is 4.61. The van der Waals surface area contributed by atoms with Crippen LogP contribution >= 0.6 is 0 Å². The molecule has 100 valence electrons. The summed E-state index contributed by atoms with van der Waals surface area (Å²) in [6.07, 6.45) is 0.273. The molecule has 0 saturated heterocycles. The van der Waals surface area contributed by atoms with E-state index in [1.165, 1.54) is 6.07 Å². The maximum Gasteiger partial charge on any atom is 0.237 e. The van der Waals surface area contributed by atoms with Crippen LogP contribution in [0.1, 0.15) is 13.3 Å². The smallest absolute Gasteiger partial charge is 0.237 e. The number of carbonyl (C=O) groups is 1. The highest BCUT2D eigenvalue weighted by Gasteiger charge is 2.28. The monoisotopic (exact) mass is 258 g/mol. The number of hydrogen-bond donors (Lipinski definition) is 2. The van der Waals surface area contributed by atoms with E-state index in [2.05, 4.69) is 5.32 Å². The van der Waals surface area contributed by atoms with Crippen molar-refractivity contribution in [3.63, 3.8) is 0 Å². The number of likely N-dealkylation sites (N-methyl/N-ethyl adjacent to an activating group) is 1. The zero-order valence-corrected chi connectivity index (χ0v) is 10.3. The third-order valence-corrected chi connectivity index (χ3v) is 2.85. The summed E-state index contributed by atoms with van der Waals surface area (Å²) >= 11 is 0. The molecule has 1 aromatic carbocycles. The zero-order chi connectivity index (χ0) is 13.8. The van der Waals surface area contributed by atoms with Crippen molar-refractivity contribution < 1.29 is 18.3 Å². The number of rotatable bonds is 6. The summed E-state index contributed by atoms with van der Waals surface area (Å²) in [5.74, 6) is -2.02. The lowest BCUT2D eigenvalue weighted by molar-refractivity contribution is -0.124. The molecule has 0 fully saturated rings. The molecule has 0 bridgehead atoms. The molecule has 3 N–H and O–H groups in total. The normalized spacial score (nSPS) is 14.0. The summed E-state index contributed by atoms with van der Waals surface area (Å²) in [4.78, 5) is 11.2. The van der Waals surface area contributed by atoms with Crippen LogP contribution in [0.15, 0.2) is 18.2 Å². The lowest BCUT2D eigenvalue weighted by Crippen LogP contribution is -2.52. The fourth-order valence-electron chi connectivity index (χ4n) is 1.33. The Balaban J connectivity index is 2.58. The van der Waals surface area contributed by atoms with Gasteiger partial charge in [0.15, 0.2) is 11.6 Å². The Morgan fingerprint density at radius 2 is 2.17 bits per heavy atom. The number of hydrogen-bond acceptors (Lipinski definition) is 3. The molecule has 1 atom stereocenters. The maximum absolute atomic E-state index is 13.2. The van der Waals surface area contributed by atoms with E-state index in [1.807, 2.05) is 0 Å². The van der Waals surface area contributed by atoms with Gasteiger partial charge in [-0.15, -0.1) is 0 Å². The lowest BCUT2D eigenvalue weighted by Gasteiger charge is -2.25. The molecule has 1 aromatic rings. The van der Waals surface area contributed by atoms with E-state index >= 15 is 0 Å². The first-order chi connectivity index (χ1) is 8.39. The van der Waals surface area contributed by atoms with Gasteiger partial charge in [-0.2, -0.15) is 0 Å². The highest BCUT2D eigenvalue weighted by atomic mass is 19.1. The van der Waals surface area contributed by atoms with Gasteiger partial charge in [0.25, 0.3) is 0 Å². The number of carbonyl (C=O) groups excluding carboxylic acids is 1. The molecule has 0 aliphatic heterocycles. The van der Waals surface area contributed by atoms with Crippen molar-refractivity contribution in [1.82, 2.24) is 5.32 Å². The maximum atomic E-state index is 13.2. The summed E-state index contributed by atoms with van der Waals surface area (Å²) in [7, 11) is 1.60. The summed E-state index contributed by atoms with van der Waals surface area (Å²) < 4.78 is 31.0. The van der Waals surface area contributed by atoms with Gasteiger partial charge >= 0.3 is 0 Å². The molecule has 0 spiro atoms. The van der Waals surface area contributed by atoms with E-state index in [9.17, 15) is 13.6 Å². The van der Waals surface area contributed by atoms with Gasteiger partial charge in [0, 0.05) is 12.5 Å². The van der Waals surface area contributed by atoms with Gasteiger partial charge in [-0.1, -0.05) is 0 Å². The zero-order valence-electron chi connectivity index (χ0n) is 10.3. The van der Waals surface area contributed by atoms with E-state index in [-0.39, 0.29) is 18.8 Å². The third-order valence-electron chi connectivity index (χ3n) is 2.85. The van der Waals surface area contributed by atoms with Crippen molar-refractivity contribution in [2.75, 3.05) is 13.7 Å². The largest absolute Gasteiger partial charge is 0.490 e. The second-order valence-electron chi connectivity index (χ2n) is 4.12. The second-order valence-corrected chi connectivity index (χ2v) is 4.12. The molecule has 18 heavy (non-hydrogen) atoms. The van der Waals surface area contributed by atoms with Crippen LogP contribution in [0.3, 0.4) is 0 Å². The summed E-state index contributed by atoms with van der Waals surface area (Å²) in [5.41, 5.74) is 4.31. The van der Waals surface area contributed by atoms with Crippen molar-refractivity contribution >= 4 is 5.91 Å². The predicted molar refractivity (Wildman–Crippen MR) is 63.1 cm³/mol. The highest BCUT2D eigenvalue weighted by Crippen LogP contribution is 2.18. The van der Waals surface area contributed by atoms with Crippen molar-refractivity contribution in [2.45, 2.75) is 18.9 Å². The van der Waals surface area contributed by atoms with Crippen LogP contribution in [0.4, 0.5) is 8.78 Å². The van der Waals surface area contributed by atoms with Gasteiger partial charge in [-0.3, -0.25) is 4.79 Å². The second kappa shape index (κ2) is 5.77. The molecule has 1 unspecified atom stereocenters. The molecule has 0 heterocycles. The van der Waals surface area contributed by atoms with E-state index in [0.29, 0.717) is 0 Å². The summed E-state index contributed by atoms with van der Waals surface area (Å²) in [5, 5.41) is 2.78. The van der Waals surface area contributed by atoms with Gasteiger partial charge in [0.2, 0.25) is 5.91 Å². The van der Waals surface area contributed by atoms with Crippen LogP contribution in [0.25, 0.3) is 0 Å². The number of ether oxygens (including phenoxy) is 1. The van der Waals surface area contributed by atoms with Crippen LogP contribution in [0.5, 0.6) is 5.75 Å². The van der Waals surface area contributed by atoms with Gasteiger partial charge < -0.3 is 15.8 Å². The molecule has 6 heteroatoms. The SMILES string of the molecule is CNC(C)(CCOc1ccc(F)cc1F)C(N)=O. The minimum atomic E-state index is -0.920. The summed E-state index contributed by atoms with van der Waals surface area (Å²) in [6, 6.07) is 3.04. The number of primary amides is 1. The van der Waals surface area contributed by atoms with Crippen molar-refractivity contribution in [2.24, 2.45) is 5.73 Å². The van der Waals surface area contributed by atoms with E-state index in [0.717, 1.165) is 12.1 Å². The van der Waals surface area contributed by atoms with Gasteiger partial charge in [0.05, 0.1) is 12.1 Å². The number of nitrogens with one attached hydrogen (secondary N) is 1. The quantitative estimate of drug-likeness (QED) is 0.805. The van der Waals surface area contributed by atoms with Gasteiger partial charge in [-0.05, 0) is 26.1 Å². The number of benzene rings is 1. The minimum absolute atomic E-state index is 0.0562. The molecular formula is C12H16F2N2O2. The third kappa shape index (κ3) is 3.40. The first kappa shape index (κ1) is 14.4. The first-order valence-electron chi connectivity index (χ1n) is 5.46. The van der Waals surface area contributed by atoms with Gasteiger partial charge in [-0.25, -0.2) is 8.78 Å². The van der Waals surface area contributed by atoms with Crippen LogP contribution in [0, 0.1) is 11.6 Å². The lowest BCUT2D eigenvalue weighted by atomic mass is 9.98. The van der Waals surface area contributed by atoms with Crippen LogP contribution in [0.2, 0.25) is 0 Å². The molecule has 0 aliphatic rings. The number of nitrogens with two attached hydrogens (primary N) is 1. The topological polar surface area (TPSA) is 64.3 Å². The standard InChI is InChI=1S/C12H16F2N2O2/c1-12(16-2,11(15)17)5-6-18-10-4-3-8(13)7-9(10)14/h3-4,7,16H,5-6H2,1-2H3,(H2,15,17). The van der Waals surface area contributed by atoms with Crippen molar-refractivity contribution in [1.29, 1.82) is 0 Å². The average Bonchev–Trinajstić information content (AvgIpc) is 2.31. The van der Waals surface area contributed by atoms with Crippen LogP contribution in [-0.4, -0.2) is 25.1 Å². The van der Waals surface area contributed by atoms with E-state index in [4.69, 9.17) is 10.5 Å². The van der Waals surface area contributed by atoms with Crippen LogP contribution in [-0.2, 0) is 4.79 Å². The predicted octanol–water partition coefficient (Wildman–Crippen LogP) is 1.20. The molecule has 4 nitrogen and oxygen atoms in total. The fourth-order valence-corrected chi connectivity index (χ4v) is 1.33. The molecule has 1 rings (SSSR count). The average molecular weight is 258 g/mol. The fraction of sp³-hybridized carbons (Fsp3) is 0.417. The highest BCUT2D eigenvalue weighted by molar-refractivity contribution is 5.84. The Labute approximate surface area is 104 Å². The van der Waals surface area contributed by atoms with E-state index < -0.39 is 23.1 Å². The van der Waals surface area contributed by atoms with Crippen molar-refractivity contribution in [3.05, 3.63) is 29.8 Å². The Morgan fingerprint density at radius 1 is 1.50 bits per heavy atom. The van der Waals surface area contributed by atoms with Gasteiger partial charge in [0.1, 0.15) is 5.82 Å². The van der Waals surface area contributed by atoms with Crippen LogP contribution < -0.4 is 15.8 Å². The molecule has 0 aromatic heterocycles. The van der Waals surface area contributed by atoms with Crippen molar-refractivity contribution in [3.8, 4) is 5.75 Å². The molecule has 0 saturated carbocycles. The Morgan fingerprint density at radius 3 is 2.67 bits per heavy atom. The molecular weight excluding hydrogens is 242 g/mol. The Bertz CT molecular complexity index is 440. The molecule has 1 amide bonds. The number of halogens is 2. The molecule has 0 radical (unpaired) electrons. The van der Waals surface area contributed by atoms with E-state index in [1.54, 1.807) is 14.0 Å². The minimum Gasteiger partial charge on any atom is -0.490 e. The number of amides is 1. The summed E-state index contributed by atoms with van der Waals surface area (Å²) in [6.45, 7) is 1.71. The first-order valence-corrected chi connectivity index (χ1v) is 5.46. The molecule has 0 aliphatic carbocycles.